The van der Waals surface area contributed by atoms with Gasteiger partial charge in [-0.15, -0.1) is 5.10 Å². The first-order valence-corrected chi connectivity index (χ1v) is 4.17. The number of hydrogen-bond acceptors (Lipinski definition) is 5. The number of nitrogens with one attached hydrogen (secondary N) is 1. The quantitative estimate of drug-likeness (QED) is 0.700. The Morgan fingerprint density at radius 2 is 2.47 bits per heavy atom. The zero-order valence-corrected chi connectivity index (χ0v) is 7.88. The molecular weight excluding hydrogens is 200 g/mol. The number of nitrogens with zero attached hydrogens (tertiary/aromatic N) is 5. The highest BCUT2D eigenvalue weighted by atomic mass is 16.4. The standard InChI is InChI=1S/C7H8N6O2/c1-4-5(2-8-9-4)7-10-11-12-13(7)3-6(14)15/h2H,3H2,1H3,(H,8,9)(H,14,15). The largest absolute Gasteiger partial charge is 0.480 e. The van der Waals surface area contributed by atoms with Crippen molar-refractivity contribution in [1.82, 2.24) is 30.4 Å². The fourth-order valence-electron chi connectivity index (χ4n) is 1.21. The van der Waals surface area contributed by atoms with E-state index >= 15 is 0 Å². The van der Waals surface area contributed by atoms with Crippen molar-refractivity contribution in [2.45, 2.75) is 13.5 Å². The normalized spacial score (nSPS) is 10.5. The predicted molar refractivity (Wildman–Crippen MR) is 47.8 cm³/mol. The average molecular weight is 208 g/mol. The molecule has 2 rings (SSSR count). The lowest BCUT2D eigenvalue weighted by molar-refractivity contribution is -0.137. The van der Waals surface area contributed by atoms with Crippen LogP contribution in [0.25, 0.3) is 11.4 Å². The zero-order valence-electron chi connectivity index (χ0n) is 7.88. The van der Waals surface area contributed by atoms with E-state index in [1.165, 1.54) is 4.68 Å². The van der Waals surface area contributed by atoms with Crippen LogP contribution in [0.3, 0.4) is 0 Å². The van der Waals surface area contributed by atoms with E-state index in [-0.39, 0.29) is 6.54 Å². The molecule has 15 heavy (non-hydrogen) atoms. The highest BCUT2D eigenvalue weighted by Crippen LogP contribution is 2.17. The first kappa shape index (κ1) is 9.31. The maximum absolute atomic E-state index is 10.5. The number of aromatic nitrogens is 6. The minimum absolute atomic E-state index is 0.271. The summed E-state index contributed by atoms with van der Waals surface area (Å²) in [7, 11) is 0. The van der Waals surface area contributed by atoms with Gasteiger partial charge in [0.1, 0.15) is 6.54 Å². The Bertz CT molecular complexity index is 487. The molecule has 2 N–H and O–H groups in total. The van der Waals surface area contributed by atoms with Gasteiger partial charge in [0.05, 0.1) is 11.8 Å². The third-order valence-electron chi connectivity index (χ3n) is 1.89. The number of hydrogen-bond donors (Lipinski definition) is 2. The van der Waals surface area contributed by atoms with Crippen LogP contribution in [0.1, 0.15) is 5.69 Å². The van der Waals surface area contributed by atoms with E-state index in [1.54, 1.807) is 6.20 Å². The van der Waals surface area contributed by atoms with Crippen LogP contribution in [-0.2, 0) is 11.3 Å². The average Bonchev–Trinajstić information content (AvgIpc) is 2.73. The Labute approximate surface area is 83.9 Å². The molecule has 0 bridgehead atoms. The fraction of sp³-hybridized carbons (Fsp3) is 0.286. The Hall–Kier alpha value is -2.25. The number of carbonyl (C=O) groups is 1. The molecule has 8 nitrogen and oxygen atoms in total. The highest BCUT2D eigenvalue weighted by molar-refractivity contribution is 5.67. The summed E-state index contributed by atoms with van der Waals surface area (Å²) >= 11 is 0. The van der Waals surface area contributed by atoms with Crippen LogP contribution in [0.2, 0.25) is 0 Å². The molecule has 0 aliphatic rings. The van der Waals surface area contributed by atoms with Gasteiger partial charge in [-0.05, 0) is 17.4 Å². The smallest absolute Gasteiger partial charge is 0.325 e. The number of aromatic amines is 1. The molecule has 0 aromatic carbocycles. The number of carboxylic acid groups (broad SMARTS) is 1. The predicted octanol–water partition coefficient (Wildman–Crippen LogP) is -0.544. The summed E-state index contributed by atoms with van der Waals surface area (Å²) in [5.41, 5.74) is 1.48. The molecule has 0 aliphatic heterocycles. The number of carboxylic acids is 1. The maximum atomic E-state index is 10.5. The van der Waals surface area contributed by atoms with Crippen LogP contribution in [0.15, 0.2) is 6.20 Å². The zero-order chi connectivity index (χ0) is 10.8. The molecule has 0 saturated heterocycles. The number of rotatable bonds is 3. The number of H-pyrrole nitrogens is 1. The van der Waals surface area contributed by atoms with Gasteiger partial charge in [0.2, 0.25) is 0 Å². The van der Waals surface area contributed by atoms with E-state index in [0.29, 0.717) is 11.4 Å². The number of tetrazole rings is 1. The fourth-order valence-corrected chi connectivity index (χ4v) is 1.21. The van der Waals surface area contributed by atoms with Crippen molar-refractivity contribution in [2.24, 2.45) is 0 Å². The van der Waals surface area contributed by atoms with E-state index in [9.17, 15) is 4.79 Å². The second-order valence-electron chi connectivity index (χ2n) is 2.96. The number of aliphatic carboxylic acids is 1. The molecule has 0 aliphatic carbocycles. The van der Waals surface area contributed by atoms with Crippen LogP contribution in [0.4, 0.5) is 0 Å². The minimum Gasteiger partial charge on any atom is -0.480 e. The molecule has 0 atom stereocenters. The summed E-state index contributed by atoms with van der Waals surface area (Å²) in [5, 5.41) is 26.0. The molecule has 0 unspecified atom stereocenters. The van der Waals surface area contributed by atoms with Crippen LogP contribution >= 0.6 is 0 Å². The van der Waals surface area contributed by atoms with Crippen molar-refractivity contribution in [3.63, 3.8) is 0 Å². The van der Waals surface area contributed by atoms with E-state index in [0.717, 1.165) is 5.69 Å². The minimum atomic E-state index is -0.996. The molecule has 0 fully saturated rings. The van der Waals surface area contributed by atoms with Crippen molar-refractivity contribution in [2.75, 3.05) is 0 Å². The van der Waals surface area contributed by atoms with Crippen molar-refractivity contribution in [1.29, 1.82) is 0 Å². The van der Waals surface area contributed by atoms with Crippen LogP contribution < -0.4 is 0 Å². The van der Waals surface area contributed by atoms with E-state index in [1.807, 2.05) is 6.92 Å². The van der Waals surface area contributed by atoms with Crippen molar-refractivity contribution in [3.05, 3.63) is 11.9 Å². The third-order valence-corrected chi connectivity index (χ3v) is 1.89. The molecule has 0 radical (unpaired) electrons. The number of aryl methyl sites for hydroxylation is 1. The first-order valence-electron chi connectivity index (χ1n) is 4.17. The molecule has 2 heterocycles. The molecule has 2 aromatic rings. The van der Waals surface area contributed by atoms with Crippen molar-refractivity contribution >= 4 is 5.97 Å². The Kier molecular flexibility index (Phi) is 2.16. The molecule has 0 amide bonds. The molecule has 78 valence electrons. The molecule has 2 aromatic heterocycles. The van der Waals surface area contributed by atoms with Gasteiger partial charge < -0.3 is 5.11 Å². The molecule has 8 heteroatoms. The van der Waals surface area contributed by atoms with Gasteiger partial charge in [-0.2, -0.15) is 5.10 Å². The van der Waals surface area contributed by atoms with Crippen LogP contribution in [0.5, 0.6) is 0 Å². The second-order valence-corrected chi connectivity index (χ2v) is 2.96. The van der Waals surface area contributed by atoms with Crippen molar-refractivity contribution in [3.8, 4) is 11.4 Å². The summed E-state index contributed by atoms with van der Waals surface area (Å²) in [5.74, 6) is -0.603. The molecule has 0 saturated carbocycles. The Balaban J connectivity index is 2.41. The lowest BCUT2D eigenvalue weighted by atomic mass is 10.2. The Morgan fingerprint density at radius 1 is 1.67 bits per heavy atom. The maximum Gasteiger partial charge on any atom is 0.325 e. The summed E-state index contributed by atoms with van der Waals surface area (Å²) in [4.78, 5) is 10.5. The van der Waals surface area contributed by atoms with E-state index in [2.05, 4.69) is 25.7 Å². The SMILES string of the molecule is Cc1[nH]ncc1-c1nnnn1CC(=O)O. The van der Waals surface area contributed by atoms with Gasteiger partial charge >= 0.3 is 5.97 Å². The van der Waals surface area contributed by atoms with Gasteiger partial charge in [-0.3, -0.25) is 9.89 Å². The second kappa shape index (κ2) is 3.48. The lowest BCUT2D eigenvalue weighted by Gasteiger charge is -1.99. The van der Waals surface area contributed by atoms with Gasteiger partial charge in [-0.1, -0.05) is 0 Å². The van der Waals surface area contributed by atoms with Gasteiger partial charge in [0.25, 0.3) is 0 Å². The monoisotopic (exact) mass is 208 g/mol. The first-order chi connectivity index (χ1) is 7.18. The summed E-state index contributed by atoms with van der Waals surface area (Å²) in [6.07, 6.45) is 1.55. The van der Waals surface area contributed by atoms with E-state index < -0.39 is 5.97 Å². The summed E-state index contributed by atoms with van der Waals surface area (Å²) < 4.78 is 1.21. The summed E-state index contributed by atoms with van der Waals surface area (Å²) in [6.45, 7) is 1.54. The van der Waals surface area contributed by atoms with Crippen molar-refractivity contribution < 1.29 is 9.90 Å². The molecular formula is C7H8N6O2. The lowest BCUT2D eigenvalue weighted by Crippen LogP contribution is -2.11. The summed E-state index contributed by atoms with van der Waals surface area (Å²) in [6, 6.07) is 0. The van der Waals surface area contributed by atoms with Crippen LogP contribution in [0, 0.1) is 6.92 Å². The van der Waals surface area contributed by atoms with Crippen LogP contribution in [-0.4, -0.2) is 41.5 Å². The topological polar surface area (TPSA) is 110 Å². The third kappa shape index (κ3) is 1.68. The van der Waals surface area contributed by atoms with Gasteiger partial charge in [0.15, 0.2) is 5.82 Å². The molecule has 0 spiro atoms. The Morgan fingerprint density at radius 3 is 3.07 bits per heavy atom. The van der Waals surface area contributed by atoms with E-state index in [4.69, 9.17) is 5.11 Å². The van der Waals surface area contributed by atoms with Gasteiger partial charge in [0, 0.05) is 5.69 Å². The van der Waals surface area contributed by atoms with Gasteiger partial charge in [-0.25, -0.2) is 4.68 Å². The highest BCUT2D eigenvalue weighted by Gasteiger charge is 2.14.